The molecule has 3 atom stereocenters. The van der Waals surface area contributed by atoms with Crippen LogP contribution in [0, 0.1) is 5.92 Å². The first-order valence-electron chi connectivity index (χ1n) is 10.9. The maximum atomic E-state index is 12.3. The molecule has 2 N–H and O–H groups in total. The zero-order valence-corrected chi connectivity index (χ0v) is 18.1. The molecule has 0 amide bonds. The zero-order chi connectivity index (χ0) is 20.9. The molecule has 3 unspecified atom stereocenters. The standard InChI is InChI=1S/C25H24N2O3S/c1-2-29-25(28)21-12-16-20(31-21)10-9-19-22(16)24-15(7-5-11-30-24)23(27-19)17-13-26-18-8-4-3-6-14(17)18/h3-4,6,8-10,12-13,15,23-24,26-27H,2,5,7,11H2,1H3. The Morgan fingerprint density at radius 3 is 3.03 bits per heavy atom. The van der Waals surface area contributed by atoms with Gasteiger partial charge < -0.3 is 19.8 Å². The first kappa shape index (κ1) is 18.9. The van der Waals surface area contributed by atoms with Crippen LogP contribution in [-0.2, 0) is 9.47 Å². The number of thiophene rings is 1. The molecule has 2 aliphatic rings. The van der Waals surface area contributed by atoms with Crippen molar-refractivity contribution in [2.24, 2.45) is 5.92 Å². The summed E-state index contributed by atoms with van der Waals surface area (Å²) in [5, 5.41) is 6.20. The number of aromatic nitrogens is 1. The van der Waals surface area contributed by atoms with Crippen molar-refractivity contribution in [1.29, 1.82) is 0 Å². The number of aromatic amines is 1. The number of hydrogen-bond acceptors (Lipinski definition) is 5. The van der Waals surface area contributed by atoms with E-state index in [2.05, 4.69) is 52.9 Å². The number of benzene rings is 2. The van der Waals surface area contributed by atoms with E-state index in [0.717, 1.165) is 40.7 Å². The molecule has 1 fully saturated rings. The van der Waals surface area contributed by atoms with Gasteiger partial charge >= 0.3 is 5.97 Å². The lowest BCUT2D eigenvalue weighted by Crippen LogP contribution is -2.36. The van der Waals surface area contributed by atoms with Crippen LogP contribution in [0.2, 0.25) is 0 Å². The molecule has 0 radical (unpaired) electrons. The lowest BCUT2D eigenvalue weighted by molar-refractivity contribution is -0.0371. The maximum Gasteiger partial charge on any atom is 0.348 e. The molecule has 2 aromatic carbocycles. The van der Waals surface area contributed by atoms with Crippen molar-refractivity contribution in [2.75, 3.05) is 18.5 Å². The molecular formula is C25H24N2O3S. The highest BCUT2D eigenvalue weighted by molar-refractivity contribution is 7.20. The van der Waals surface area contributed by atoms with Gasteiger partial charge in [-0.1, -0.05) is 18.2 Å². The third kappa shape index (κ3) is 2.97. The van der Waals surface area contributed by atoms with Gasteiger partial charge in [0.05, 0.1) is 18.8 Å². The Kier molecular flexibility index (Phi) is 4.51. The van der Waals surface area contributed by atoms with Crippen LogP contribution in [0.3, 0.4) is 0 Å². The highest BCUT2D eigenvalue weighted by Crippen LogP contribution is 2.52. The van der Waals surface area contributed by atoms with Crippen LogP contribution in [0.4, 0.5) is 5.69 Å². The molecule has 2 aromatic heterocycles. The summed E-state index contributed by atoms with van der Waals surface area (Å²) in [6.45, 7) is 2.99. The van der Waals surface area contributed by atoms with E-state index < -0.39 is 0 Å². The van der Waals surface area contributed by atoms with Crippen LogP contribution in [0.15, 0.2) is 48.7 Å². The van der Waals surface area contributed by atoms with E-state index in [0.29, 0.717) is 17.4 Å². The van der Waals surface area contributed by atoms with Gasteiger partial charge in [-0.25, -0.2) is 4.79 Å². The van der Waals surface area contributed by atoms with Gasteiger partial charge in [0.2, 0.25) is 0 Å². The van der Waals surface area contributed by atoms with Crippen molar-refractivity contribution in [3.63, 3.8) is 0 Å². The number of carbonyl (C=O) groups is 1. The third-order valence-electron chi connectivity index (χ3n) is 6.57. The number of hydrogen-bond donors (Lipinski definition) is 2. The highest BCUT2D eigenvalue weighted by atomic mass is 32.1. The molecule has 0 aliphatic carbocycles. The second-order valence-corrected chi connectivity index (χ2v) is 9.36. The molecule has 0 bridgehead atoms. The fourth-order valence-electron chi connectivity index (χ4n) is 5.25. The van der Waals surface area contributed by atoms with Crippen molar-refractivity contribution in [2.45, 2.75) is 31.9 Å². The molecule has 0 spiro atoms. The number of rotatable bonds is 3. The number of para-hydroxylation sites is 1. The van der Waals surface area contributed by atoms with E-state index in [4.69, 9.17) is 9.47 Å². The second kappa shape index (κ2) is 7.39. The Bertz CT molecular complexity index is 1290. The Hall–Kier alpha value is -2.83. The number of H-pyrrole nitrogens is 1. The van der Waals surface area contributed by atoms with Gasteiger partial charge in [0.15, 0.2) is 0 Å². The molecule has 158 valence electrons. The SMILES string of the molecule is CCOC(=O)c1cc2c3c(ccc2s1)NC(c1c[nH]c2ccccc12)C1CCCOC31. The van der Waals surface area contributed by atoms with Gasteiger partial charge in [0, 0.05) is 51.0 Å². The molecule has 2 aliphatic heterocycles. The van der Waals surface area contributed by atoms with E-state index in [9.17, 15) is 4.79 Å². The minimum absolute atomic E-state index is 0.0111. The predicted octanol–water partition coefficient (Wildman–Crippen LogP) is 6.19. The van der Waals surface area contributed by atoms with Gasteiger partial charge in [-0.05, 0) is 49.6 Å². The third-order valence-corrected chi connectivity index (χ3v) is 7.65. The number of esters is 1. The molecule has 5 nitrogen and oxygen atoms in total. The summed E-state index contributed by atoms with van der Waals surface area (Å²) in [6.07, 6.45) is 4.31. The summed E-state index contributed by atoms with van der Waals surface area (Å²) in [4.78, 5) is 16.4. The van der Waals surface area contributed by atoms with E-state index in [-0.39, 0.29) is 18.1 Å². The van der Waals surface area contributed by atoms with Crippen molar-refractivity contribution >= 4 is 44.0 Å². The van der Waals surface area contributed by atoms with E-state index in [1.807, 2.05) is 13.0 Å². The number of carbonyl (C=O) groups excluding carboxylic acids is 1. The molecule has 0 saturated carbocycles. The average molecular weight is 433 g/mol. The van der Waals surface area contributed by atoms with Gasteiger partial charge in [-0.2, -0.15) is 0 Å². The van der Waals surface area contributed by atoms with E-state index in [1.165, 1.54) is 27.8 Å². The van der Waals surface area contributed by atoms with Gasteiger partial charge in [0.1, 0.15) is 4.88 Å². The van der Waals surface area contributed by atoms with Crippen molar-refractivity contribution in [3.05, 3.63) is 64.7 Å². The summed E-state index contributed by atoms with van der Waals surface area (Å²) in [6, 6.07) is 14.9. The summed E-state index contributed by atoms with van der Waals surface area (Å²) >= 11 is 1.50. The number of ether oxygens (including phenoxy) is 2. The highest BCUT2D eigenvalue weighted by Gasteiger charge is 2.41. The first-order chi connectivity index (χ1) is 15.2. The van der Waals surface area contributed by atoms with Crippen molar-refractivity contribution < 1.29 is 14.3 Å². The predicted molar refractivity (Wildman–Crippen MR) is 124 cm³/mol. The molecule has 6 heteroatoms. The van der Waals surface area contributed by atoms with Gasteiger partial charge in [0.25, 0.3) is 0 Å². The van der Waals surface area contributed by atoms with Gasteiger partial charge in [-0.3, -0.25) is 0 Å². The second-order valence-electron chi connectivity index (χ2n) is 8.28. The maximum absolute atomic E-state index is 12.3. The zero-order valence-electron chi connectivity index (χ0n) is 17.3. The molecule has 31 heavy (non-hydrogen) atoms. The number of anilines is 1. The molecular weight excluding hydrogens is 408 g/mol. The van der Waals surface area contributed by atoms with E-state index in [1.54, 1.807) is 0 Å². The number of nitrogens with one attached hydrogen (secondary N) is 2. The monoisotopic (exact) mass is 432 g/mol. The topological polar surface area (TPSA) is 63.3 Å². The largest absolute Gasteiger partial charge is 0.462 e. The Labute approximate surface area is 184 Å². The summed E-state index contributed by atoms with van der Waals surface area (Å²) in [5.41, 5.74) is 4.73. The molecule has 1 saturated heterocycles. The van der Waals surface area contributed by atoms with Crippen LogP contribution in [-0.4, -0.2) is 24.2 Å². The Morgan fingerprint density at radius 2 is 2.13 bits per heavy atom. The van der Waals surface area contributed by atoms with Crippen LogP contribution in [0.1, 0.15) is 52.7 Å². The Balaban J connectivity index is 1.48. The molecule has 6 rings (SSSR count). The van der Waals surface area contributed by atoms with Crippen LogP contribution in [0.25, 0.3) is 21.0 Å². The molecule has 4 aromatic rings. The average Bonchev–Trinajstić information content (AvgIpc) is 3.43. The smallest absolute Gasteiger partial charge is 0.348 e. The lowest BCUT2D eigenvalue weighted by atomic mass is 9.76. The Morgan fingerprint density at radius 1 is 1.23 bits per heavy atom. The minimum atomic E-state index is -0.251. The van der Waals surface area contributed by atoms with E-state index >= 15 is 0 Å². The normalized spacial score (nSPS) is 22.7. The minimum Gasteiger partial charge on any atom is -0.462 e. The summed E-state index contributed by atoms with van der Waals surface area (Å²) in [5.74, 6) is 0.0796. The van der Waals surface area contributed by atoms with Crippen LogP contribution >= 0.6 is 11.3 Å². The van der Waals surface area contributed by atoms with Crippen molar-refractivity contribution in [3.8, 4) is 0 Å². The lowest BCUT2D eigenvalue weighted by Gasteiger charge is -2.43. The summed E-state index contributed by atoms with van der Waals surface area (Å²) < 4.78 is 12.7. The van der Waals surface area contributed by atoms with Crippen LogP contribution in [0.5, 0.6) is 0 Å². The van der Waals surface area contributed by atoms with Gasteiger partial charge in [-0.15, -0.1) is 11.3 Å². The fraction of sp³-hybridized carbons (Fsp3) is 0.320. The first-order valence-corrected chi connectivity index (χ1v) is 11.7. The van der Waals surface area contributed by atoms with Crippen molar-refractivity contribution in [1.82, 2.24) is 4.98 Å². The quantitative estimate of drug-likeness (QED) is 0.379. The summed E-state index contributed by atoms with van der Waals surface area (Å²) in [7, 11) is 0. The fourth-order valence-corrected chi connectivity index (χ4v) is 6.22. The number of fused-ring (bicyclic) bond motifs is 6. The molecule has 4 heterocycles. The van der Waals surface area contributed by atoms with Crippen LogP contribution < -0.4 is 5.32 Å².